The number of hydrogen-bond donors (Lipinski definition) is 3. The molecule has 6 heteroatoms. The van der Waals surface area contributed by atoms with Crippen molar-refractivity contribution in [3.8, 4) is 0 Å². The van der Waals surface area contributed by atoms with Crippen molar-refractivity contribution in [2.75, 3.05) is 13.2 Å². The molecule has 0 aromatic carbocycles. The van der Waals surface area contributed by atoms with Gasteiger partial charge in [-0.2, -0.15) is 0 Å². The zero-order chi connectivity index (χ0) is 59.2. The third kappa shape index (κ3) is 67.5. The minimum atomic E-state index is -0.659. The fourth-order valence-corrected chi connectivity index (χ4v) is 12.0. The SMILES string of the molecule is CCCCCCCCC/C=C\CCCCCCCC(=O)OCCCCCCCCCCCCCCCCCCCC/C=C\CCCCCCCCCCCCCCCCCCCC(=O)NC(CO)C(O)CCCCCCCCCCCC. The van der Waals surface area contributed by atoms with Crippen molar-refractivity contribution < 1.29 is 24.5 Å². The Labute approximate surface area is 513 Å². The van der Waals surface area contributed by atoms with Gasteiger partial charge in [-0.25, -0.2) is 0 Å². The Bertz CT molecular complexity index is 1280. The molecule has 0 bridgehead atoms. The van der Waals surface area contributed by atoms with E-state index >= 15 is 0 Å². The Morgan fingerprint density at radius 2 is 0.573 bits per heavy atom. The number of carbonyl (C=O) groups excluding carboxylic acids is 2. The van der Waals surface area contributed by atoms with E-state index in [-0.39, 0.29) is 18.5 Å². The molecule has 0 aromatic heterocycles. The third-order valence-electron chi connectivity index (χ3n) is 17.7. The Morgan fingerprint density at radius 1 is 0.329 bits per heavy atom. The van der Waals surface area contributed by atoms with E-state index < -0.39 is 12.1 Å². The van der Waals surface area contributed by atoms with Crippen molar-refractivity contribution in [2.24, 2.45) is 0 Å². The molecule has 0 heterocycles. The van der Waals surface area contributed by atoms with Gasteiger partial charge in [-0.05, 0) is 77.0 Å². The molecule has 486 valence electrons. The standard InChI is InChI=1S/C76H147NO5/c1-3-5-7-9-11-13-15-16-17-44-47-50-54-58-62-66-70-76(81)82-71-67-63-59-55-51-48-45-42-40-38-36-34-32-30-28-26-24-22-20-18-19-21-23-25-27-29-31-33-35-37-39-41-43-46-49-53-57-61-65-69-75(80)77-73(72-78)74(79)68-64-60-56-52-14-12-10-8-6-4-2/h17-19,44,73-74,78-79H,3-16,20-43,45-72H2,1-2H3,(H,77,80)/b19-18-,44-17-. The van der Waals surface area contributed by atoms with Gasteiger partial charge in [0.2, 0.25) is 5.91 Å². The summed E-state index contributed by atoms with van der Waals surface area (Å²) in [6.07, 6.45) is 91.3. The van der Waals surface area contributed by atoms with E-state index in [0.717, 1.165) is 44.9 Å². The number of nitrogens with one attached hydrogen (secondary N) is 1. The van der Waals surface area contributed by atoms with Crippen LogP contribution >= 0.6 is 0 Å². The molecule has 6 nitrogen and oxygen atoms in total. The molecule has 0 aromatic rings. The van der Waals surface area contributed by atoms with Gasteiger partial charge in [-0.1, -0.05) is 359 Å². The molecule has 0 rings (SSSR count). The van der Waals surface area contributed by atoms with E-state index in [1.807, 2.05) is 0 Å². The number of hydrogen-bond acceptors (Lipinski definition) is 5. The molecular formula is C76H147NO5. The fourth-order valence-electron chi connectivity index (χ4n) is 12.0. The second kappa shape index (κ2) is 71.8. The number of rotatable bonds is 71. The lowest BCUT2D eigenvalue weighted by molar-refractivity contribution is -0.143. The van der Waals surface area contributed by atoms with Crippen molar-refractivity contribution in [2.45, 2.75) is 437 Å². The summed E-state index contributed by atoms with van der Waals surface area (Å²) in [7, 11) is 0. The number of aliphatic hydroxyl groups is 2. The van der Waals surface area contributed by atoms with Crippen LogP contribution in [0.25, 0.3) is 0 Å². The molecule has 2 atom stereocenters. The summed E-state index contributed by atoms with van der Waals surface area (Å²) in [6.45, 7) is 4.97. The molecule has 82 heavy (non-hydrogen) atoms. The van der Waals surface area contributed by atoms with Crippen LogP contribution in [0.5, 0.6) is 0 Å². The average Bonchev–Trinajstić information content (AvgIpc) is 3.48. The zero-order valence-electron chi connectivity index (χ0n) is 55.8. The van der Waals surface area contributed by atoms with Crippen LogP contribution in [0.4, 0.5) is 0 Å². The van der Waals surface area contributed by atoms with E-state index in [4.69, 9.17) is 4.74 Å². The molecule has 0 aliphatic carbocycles. The van der Waals surface area contributed by atoms with Gasteiger partial charge in [0.15, 0.2) is 0 Å². The minimum absolute atomic E-state index is 0.0157. The number of aliphatic hydroxyl groups excluding tert-OH is 2. The largest absolute Gasteiger partial charge is 0.466 e. The second-order valence-corrected chi connectivity index (χ2v) is 26.0. The summed E-state index contributed by atoms with van der Waals surface area (Å²) in [5, 5.41) is 23.2. The lowest BCUT2D eigenvalue weighted by atomic mass is 10.0. The lowest BCUT2D eigenvalue weighted by Crippen LogP contribution is -2.45. The highest BCUT2D eigenvalue weighted by molar-refractivity contribution is 5.76. The molecule has 0 saturated heterocycles. The van der Waals surface area contributed by atoms with Crippen LogP contribution in [0.1, 0.15) is 425 Å². The number of esters is 1. The molecule has 0 radical (unpaired) electrons. The van der Waals surface area contributed by atoms with E-state index in [2.05, 4.69) is 43.5 Å². The molecule has 2 unspecified atom stereocenters. The summed E-state index contributed by atoms with van der Waals surface area (Å²) in [4.78, 5) is 24.5. The average molecular weight is 1160 g/mol. The molecule has 0 fully saturated rings. The van der Waals surface area contributed by atoms with Crippen molar-refractivity contribution in [1.82, 2.24) is 5.32 Å². The first-order chi connectivity index (χ1) is 40.5. The van der Waals surface area contributed by atoms with Gasteiger partial charge in [0.05, 0.1) is 25.4 Å². The van der Waals surface area contributed by atoms with Gasteiger partial charge in [0.25, 0.3) is 0 Å². The molecule has 0 saturated carbocycles. The highest BCUT2D eigenvalue weighted by Gasteiger charge is 2.20. The van der Waals surface area contributed by atoms with E-state index in [9.17, 15) is 19.8 Å². The summed E-state index contributed by atoms with van der Waals surface area (Å²) in [5.41, 5.74) is 0. The topological polar surface area (TPSA) is 95.9 Å². The maximum atomic E-state index is 12.5. The third-order valence-corrected chi connectivity index (χ3v) is 17.7. The molecule has 1 amide bonds. The van der Waals surface area contributed by atoms with E-state index in [0.29, 0.717) is 25.9 Å². The Hall–Kier alpha value is -1.66. The van der Waals surface area contributed by atoms with Crippen LogP contribution in [0.15, 0.2) is 24.3 Å². The van der Waals surface area contributed by atoms with Gasteiger partial charge in [-0.3, -0.25) is 9.59 Å². The quantitative estimate of drug-likeness (QED) is 0.0320. The highest BCUT2D eigenvalue weighted by Crippen LogP contribution is 2.19. The number of ether oxygens (including phenoxy) is 1. The van der Waals surface area contributed by atoms with Gasteiger partial charge >= 0.3 is 5.97 Å². The maximum Gasteiger partial charge on any atom is 0.305 e. The lowest BCUT2D eigenvalue weighted by Gasteiger charge is -2.22. The summed E-state index contributed by atoms with van der Waals surface area (Å²) in [6, 6.07) is -0.536. The van der Waals surface area contributed by atoms with Crippen molar-refractivity contribution >= 4 is 11.9 Å². The first kappa shape index (κ1) is 80.3. The molecule has 0 aliphatic heterocycles. The predicted octanol–water partition coefficient (Wildman–Crippen LogP) is 24.5. The predicted molar refractivity (Wildman–Crippen MR) is 361 cm³/mol. The van der Waals surface area contributed by atoms with Crippen LogP contribution < -0.4 is 5.32 Å². The maximum absolute atomic E-state index is 12.5. The van der Waals surface area contributed by atoms with E-state index in [1.54, 1.807) is 0 Å². The summed E-state index contributed by atoms with van der Waals surface area (Å²) < 4.78 is 5.50. The van der Waals surface area contributed by atoms with E-state index in [1.165, 1.54) is 347 Å². The van der Waals surface area contributed by atoms with Gasteiger partial charge in [0, 0.05) is 12.8 Å². The fraction of sp³-hybridized carbons (Fsp3) is 0.921. The molecule has 0 aliphatic rings. The Morgan fingerprint density at radius 3 is 0.866 bits per heavy atom. The first-order valence-corrected chi connectivity index (χ1v) is 37.6. The first-order valence-electron chi connectivity index (χ1n) is 37.6. The van der Waals surface area contributed by atoms with Crippen molar-refractivity contribution in [1.29, 1.82) is 0 Å². The normalized spacial score (nSPS) is 12.6. The second-order valence-electron chi connectivity index (χ2n) is 26.0. The van der Waals surface area contributed by atoms with Crippen LogP contribution in [0, 0.1) is 0 Å². The smallest absolute Gasteiger partial charge is 0.305 e. The van der Waals surface area contributed by atoms with Crippen LogP contribution in [-0.4, -0.2) is 47.4 Å². The van der Waals surface area contributed by atoms with Crippen LogP contribution in [0.3, 0.4) is 0 Å². The summed E-state index contributed by atoms with van der Waals surface area (Å²) >= 11 is 0. The Balaban J connectivity index is 3.29. The summed E-state index contributed by atoms with van der Waals surface area (Å²) in [5.74, 6) is -0.0145. The van der Waals surface area contributed by atoms with Crippen LogP contribution in [-0.2, 0) is 14.3 Å². The number of unbranched alkanes of at least 4 members (excludes halogenated alkanes) is 56. The van der Waals surface area contributed by atoms with Gasteiger partial charge < -0.3 is 20.3 Å². The van der Waals surface area contributed by atoms with Crippen LogP contribution in [0.2, 0.25) is 0 Å². The number of carbonyl (C=O) groups is 2. The van der Waals surface area contributed by atoms with Crippen molar-refractivity contribution in [3.63, 3.8) is 0 Å². The molecule has 3 N–H and O–H groups in total. The monoisotopic (exact) mass is 1150 g/mol. The number of allylic oxidation sites excluding steroid dienone is 4. The zero-order valence-corrected chi connectivity index (χ0v) is 55.8. The number of amides is 1. The molecule has 0 spiro atoms. The highest BCUT2D eigenvalue weighted by atomic mass is 16.5. The Kier molecular flexibility index (Phi) is 70.4. The van der Waals surface area contributed by atoms with Crippen molar-refractivity contribution in [3.05, 3.63) is 24.3 Å². The van der Waals surface area contributed by atoms with Gasteiger partial charge in [-0.15, -0.1) is 0 Å². The minimum Gasteiger partial charge on any atom is -0.466 e. The van der Waals surface area contributed by atoms with Gasteiger partial charge in [0.1, 0.15) is 0 Å². The molecular weight excluding hydrogens is 1010 g/mol.